The molecule has 0 heterocycles. The number of nitro benzene ring substituents is 1. The number of carbonyl (C=O) groups excluding carboxylic acids is 1. The molecule has 0 amide bonds. The third kappa shape index (κ3) is 5.07. The average molecular weight is 389 g/mol. The van der Waals surface area contributed by atoms with Crippen molar-refractivity contribution in [2.75, 3.05) is 7.11 Å². The van der Waals surface area contributed by atoms with Crippen molar-refractivity contribution in [3.63, 3.8) is 0 Å². The van der Waals surface area contributed by atoms with Gasteiger partial charge in [0.05, 0.1) is 17.6 Å². The Morgan fingerprint density at radius 1 is 1.03 bits per heavy atom. The van der Waals surface area contributed by atoms with Gasteiger partial charge in [0.25, 0.3) is 5.69 Å². The van der Waals surface area contributed by atoms with Gasteiger partial charge in [-0.1, -0.05) is 42.5 Å². The molecule has 0 radical (unpaired) electrons. The molecule has 0 unspecified atom stereocenters. The highest BCUT2D eigenvalue weighted by atomic mass is 16.6. The Hall–Kier alpha value is -3.93. The van der Waals surface area contributed by atoms with Gasteiger partial charge in [0, 0.05) is 11.6 Å². The fourth-order valence-electron chi connectivity index (χ4n) is 2.80. The second-order valence-corrected chi connectivity index (χ2v) is 6.14. The van der Waals surface area contributed by atoms with Crippen molar-refractivity contribution in [2.45, 2.75) is 6.61 Å². The van der Waals surface area contributed by atoms with Gasteiger partial charge in [0.1, 0.15) is 18.1 Å². The van der Waals surface area contributed by atoms with E-state index in [-0.39, 0.29) is 11.3 Å². The van der Waals surface area contributed by atoms with Crippen LogP contribution in [0.25, 0.3) is 6.08 Å². The monoisotopic (exact) mass is 389 g/mol. The van der Waals surface area contributed by atoms with Crippen LogP contribution in [-0.2, 0) is 6.61 Å². The molecule has 3 aromatic rings. The summed E-state index contributed by atoms with van der Waals surface area (Å²) in [6.45, 7) is 0.299. The number of benzene rings is 3. The van der Waals surface area contributed by atoms with Crippen LogP contribution < -0.4 is 9.47 Å². The van der Waals surface area contributed by atoms with E-state index in [9.17, 15) is 14.9 Å². The van der Waals surface area contributed by atoms with E-state index in [0.29, 0.717) is 12.4 Å². The fraction of sp³-hybridized carbons (Fsp3) is 0.0870. The van der Waals surface area contributed by atoms with Crippen LogP contribution >= 0.6 is 0 Å². The van der Waals surface area contributed by atoms with Crippen molar-refractivity contribution in [3.05, 3.63) is 106 Å². The number of hydrogen-bond acceptors (Lipinski definition) is 5. The quantitative estimate of drug-likeness (QED) is 0.232. The van der Waals surface area contributed by atoms with Crippen molar-refractivity contribution < 1.29 is 19.2 Å². The van der Waals surface area contributed by atoms with Crippen molar-refractivity contribution >= 4 is 17.5 Å². The highest BCUT2D eigenvalue weighted by Gasteiger charge is 2.17. The normalized spacial score (nSPS) is 10.7. The number of hydrogen-bond donors (Lipinski definition) is 0. The number of nitrogens with zero attached hydrogens (tertiary/aromatic N) is 1. The van der Waals surface area contributed by atoms with Crippen LogP contribution in [0.15, 0.2) is 78.9 Å². The lowest BCUT2D eigenvalue weighted by molar-refractivity contribution is -0.385. The third-order valence-electron chi connectivity index (χ3n) is 4.24. The van der Waals surface area contributed by atoms with Gasteiger partial charge in [0.2, 0.25) is 0 Å². The number of ether oxygens (including phenoxy) is 2. The first-order valence-corrected chi connectivity index (χ1v) is 8.89. The van der Waals surface area contributed by atoms with Crippen LogP contribution in [0.5, 0.6) is 11.5 Å². The van der Waals surface area contributed by atoms with Crippen LogP contribution in [0.4, 0.5) is 5.69 Å². The molecule has 0 aromatic heterocycles. The molecule has 0 aliphatic rings. The highest BCUT2D eigenvalue weighted by molar-refractivity contribution is 6.09. The van der Waals surface area contributed by atoms with Crippen LogP contribution in [0.1, 0.15) is 21.5 Å². The number of rotatable bonds is 8. The van der Waals surface area contributed by atoms with Crippen LogP contribution in [0, 0.1) is 10.1 Å². The molecule has 3 aromatic carbocycles. The Morgan fingerprint density at radius 3 is 2.48 bits per heavy atom. The van der Waals surface area contributed by atoms with Crippen molar-refractivity contribution in [1.82, 2.24) is 0 Å². The summed E-state index contributed by atoms with van der Waals surface area (Å²) in [5.74, 6) is 0.973. The number of allylic oxidation sites excluding steroid dienone is 1. The van der Waals surface area contributed by atoms with E-state index in [4.69, 9.17) is 9.47 Å². The molecular weight excluding hydrogens is 370 g/mol. The van der Waals surface area contributed by atoms with E-state index < -0.39 is 10.7 Å². The second kappa shape index (κ2) is 9.32. The lowest BCUT2D eigenvalue weighted by atomic mass is 10.1. The number of para-hydroxylation sites is 2. The standard InChI is InChI=1S/C23H19NO5/c1-28-23-14-12-17(15-18(23)16-29-19-7-3-2-4-8-19)11-13-22(25)20-9-5-6-10-21(20)24(26)27/h2-15H,16H2,1H3/b13-11+. The molecule has 0 aliphatic heterocycles. The van der Waals surface area contributed by atoms with Gasteiger partial charge in [0.15, 0.2) is 5.78 Å². The summed E-state index contributed by atoms with van der Waals surface area (Å²) in [4.78, 5) is 23.0. The Balaban J connectivity index is 1.79. The zero-order chi connectivity index (χ0) is 20.6. The lowest BCUT2D eigenvalue weighted by Crippen LogP contribution is -2.01. The van der Waals surface area contributed by atoms with Crippen molar-refractivity contribution in [2.24, 2.45) is 0 Å². The van der Waals surface area contributed by atoms with Gasteiger partial charge in [-0.2, -0.15) is 0 Å². The predicted octanol–water partition coefficient (Wildman–Crippen LogP) is 5.08. The highest BCUT2D eigenvalue weighted by Crippen LogP contribution is 2.24. The summed E-state index contributed by atoms with van der Waals surface area (Å²) in [6.07, 6.45) is 2.94. The molecule has 0 bridgehead atoms. The summed E-state index contributed by atoms with van der Waals surface area (Å²) in [6, 6.07) is 20.7. The Bertz CT molecular complexity index is 1040. The third-order valence-corrected chi connectivity index (χ3v) is 4.24. The molecule has 6 heteroatoms. The Labute approximate surface area is 168 Å². The van der Waals surface area contributed by atoms with Crippen LogP contribution in [0.2, 0.25) is 0 Å². The minimum absolute atomic E-state index is 0.0508. The minimum atomic E-state index is -0.562. The Morgan fingerprint density at radius 2 is 1.76 bits per heavy atom. The fourth-order valence-corrected chi connectivity index (χ4v) is 2.80. The zero-order valence-corrected chi connectivity index (χ0v) is 15.8. The number of nitro groups is 1. The van der Waals surface area contributed by atoms with Gasteiger partial charge in [-0.15, -0.1) is 0 Å². The van der Waals surface area contributed by atoms with Crippen molar-refractivity contribution in [3.8, 4) is 11.5 Å². The molecular formula is C23H19NO5. The summed E-state index contributed by atoms with van der Waals surface area (Å²) in [5, 5.41) is 11.1. The maximum Gasteiger partial charge on any atom is 0.280 e. The molecule has 6 nitrogen and oxygen atoms in total. The summed E-state index contributed by atoms with van der Waals surface area (Å²) in [7, 11) is 1.58. The SMILES string of the molecule is COc1ccc(/C=C/C(=O)c2ccccc2[N+](=O)[O-])cc1COc1ccccc1. The Kier molecular flexibility index (Phi) is 6.37. The van der Waals surface area contributed by atoms with E-state index in [0.717, 1.165) is 16.9 Å². The summed E-state index contributed by atoms with van der Waals surface area (Å²) < 4.78 is 11.2. The zero-order valence-electron chi connectivity index (χ0n) is 15.8. The van der Waals surface area contributed by atoms with Gasteiger partial charge in [-0.25, -0.2) is 0 Å². The second-order valence-electron chi connectivity index (χ2n) is 6.14. The van der Waals surface area contributed by atoms with Gasteiger partial charge < -0.3 is 9.47 Å². The number of carbonyl (C=O) groups is 1. The van der Waals surface area contributed by atoms with E-state index >= 15 is 0 Å². The van der Waals surface area contributed by atoms with E-state index in [1.807, 2.05) is 36.4 Å². The first-order valence-electron chi connectivity index (χ1n) is 8.89. The number of ketones is 1. The van der Waals surface area contributed by atoms with Gasteiger partial charge in [-0.05, 0) is 42.0 Å². The van der Waals surface area contributed by atoms with Crippen molar-refractivity contribution in [1.29, 1.82) is 0 Å². The van der Waals surface area contributed by atoms with E-state index in [1.165, 1.54) is 24.3 Å². The van der Waals surface area contributed by atoms with Gasteiger partial charge in [-0.3, -0.25) is 14.9 Å². The molecule has 0 spiro atoms. The molecule has 29 heavy (non-hydrogen) atoms. The number of methoxy groups -OCH3 is 1. The molecule has 0 atom stereocenters. The van der Waals surface area contributed by atoms with E-state index in [1.54, 1.807) is 31.4 Å². The smallest absolute Gasteiger partial charge is 0.280 e. The molecule has 146 valence electrons. The predicted molar refractivity (Wildman–Crippen MR) is 110 cm³/mol. The molecule has 0 saturated heterocycles. The van der Waals surface area contributed by atoms with Crippen LogP contribution in [-0.4, -0.2) is 17.8 Å². The molecule has 3 rings (SSSR count). The topological polar surface area (TPSA) is 78.7 Å². The molecule has 0 saturated carbocycles. The first-order chi connectivity index (χ1) is 14.1. The van der Waals surface area contributed by atoms with Gasteiger partial charge >= 0.3 is 0 Å². The maximum absolute atomic E-state index is 12.4. The van der Waals surface area contributed by atoms with Crippen LogP contribution in [0.3, 0.4) is 0 Å². The minimum Gasteiger partial charge on any atom is -0.496 e. The first kappa shape index (κ1) is 19.8. The molecule has 0 N–H and O–H groups in total. The summed E-state index contributed by atoms with van der Waals surface area (Å²) >= 11 is 0. The summed E-state index contributed by atoms with van der Waals surface area (Å²) in [5.41, 5.74) is 1.41. The largest absolute Gasteiger partial charge is 0.496 e. The average Bonchev–Trinajstić information content (AvgIpc) is 2.76. The molecule has 0 fully saturated rings. The maximum atomic E-state index is 12.4. The lowest BCUT2D eigenvalue weighted by Gasteiger charge is -2.11. The van der Waals surface area contributed by atoms with E-state index in [2.05, 4.69) is 0 Å². The molecule has 0 aliphatic carbocycles.